The lowest BCUT2D eigenvalue weighted by molar-refractivity contribution is -0.248. The zero-order valence-electron chi connectivity index (χ0n) is 12.3. The minimum Gasteiger partial charge on any atom is -0.390 e. The van der Waals surface area contributed by atoms with E-state index >= 15 is 0 Å². The van der Waals surface area contributed by atoms with E-state index in [2.05, 4.69) is 43.6 Å². The third-order valence-corrected chi connectivity index (χ3v) is 7.20. The molecular weight excluding hydrogens is 308 g/mol. The lowest BCUT2D eigenvalue weighted by atomic mass is 9.70. The largest absolute Gasteiger partial charge is 0.390 e. The summed E-state index contributed by atoms with van der Waals surface area (Å²) >= 11 is 3.75. The highest BCUT2D eigenvalue weighted by Gasteiger charge is 2.60. The van der Waals surface area contributed by atoms with E-state index in [4.69, 9.17) is 9.47 Å². The molecule has 3 heterocycles. The van der Waals surface area contributed by atoms with Crippen LogP contribution >= 0.6 is 15.9 Å². The summed E-state index contributed by atoms with van der Waals surface area (Å²) in [5.74, 6) is 0.391. The fourth-order valence-corrected chi connectivity index (χ4v) is 4.59. The number of alkyl halides is 1. The standard InChI is InChI=1S/C15H25BrO3/c1-13(2)10(16)8-12-15(4,19-13)9-5-6-14(3,18-12)11(17)7-9/h9-12,17H,5-8H2,1-4H3/t9?,10?,11-,12+,14+,15?/m0/s1. The van der Waals surface area contributed by atoms with Crippen molar-refractivity contribution in [2.24, 2.45) is 5.92 Å². The monoisotopic (exact) mass is 332 g/mol. The number of aliphatic hydroxyl groups excluding tert-OH is 1. The molecule has 6 atom stereocenters. The smallest absolute Gasteiger partial charge is 0.0952 e. The maximum absolute atomic E-state index is 10.4. The van der Waals surface area contributed by atoms with Crippen molar-refractivity contribution in [3.63, 3.8) is 0 Å². The zero-order valence-corrected chi connectivity index (χ0v) is 13.9. The van der Waals surface area contributed by atoms with Crippen LogP contribution < -0.4 is 0 Å². The van der Waals surface area contributed by atoms with Gasteiger partial charge in [0.25, 0.3) is 0 Å². The van der Waals surface area contributed by atoms with E-state index in [0.717, 1.165) is 25.7 Å². The normalized spacial score (nSPS) is 56.5. The van der Waals surface area contributed by atoms with Crippen molar-refractivity contribution in [3.05, 3.63) is 0 Å². The first kappa shape index (κ1) is 14.3. The van der Waals surface area contributed by atoms with Crippen molar-refractivity contribution in [3.8, 4) is 0 Å². The van der Waals surface area contributed by atoms with E-state index in [1.165, 1.54) is 0 Å². The first-order valence-corrected chi connectivity index (χ1v) is 8.29. The Morgan fingerprint density at radius 3 is 2.47 bits per heavy atom. The van der Waals surface area contributed by atoms with E-state index in [9.17, 15) is 5.11 Å². The summed E-state index contributed by atoms with van der Waals surface area (Å²) in [5, 5.41) is 10.4. The average molecular weight is 333 g/mol. The van der Waals surface area contributed by atoms with E-state index < -0.39 is 5.60 Å². The molecule has 0 radical (unpaired) electrons. The molecular formula is C15H25BrO3. The number of rotatable bonds is 0. The molecule has 3 unspecified atom stereocenters. The molecule has 0 spiro atoms. The number of halogens is 1. The summed E-state index contributed by atoms with van der Waals surface area (Å²) < 4.78 is 12.9. The molecule has 1 aliphatic carbocycles. The van der Waals surface area contributed by atoms with Gasteiger partial charge in [0.2, 0.25) is 0 Å². The average Bonchev–Trinajstić information content (AvgIpc) is 2.42. The van der Waals surface area contributed by atoms with Gasteiger partial charge in [0, 0.05) is 4.83 Å². The molecule has 4 heteroatoms. The van der Waals surface area contributed by atoms with Crippen molar-refractivity contribution < 1.29 is 14.6 Å². The third kappa shape index (κ3) is 2.02. The molecule has 19 heavy (non-hydrogen) atoms. The second kappa shape index (κ2) is 4.19. The lowest BCUT2D eigenvalue weighted by Gasteiger charge is -2.52. The molecule has 110 valence electrons. The Morgan fingerprint density at radius 1 is 1.16 bits per heavy atom. The summed E-state index contributed by atoms with van der Waals surface area (Å²) in [6.45, 7) is 8.53. The van der Waals surface area contributed by atoms with Gasteiger partial charge in [0.1, 0.15) is 0 Å². The van der Waals surface area contributed by atoms with Crippen LogP contribution in [-0.2, 0) is 9.47 Å². The summed E-state index contributed by atoms with van der Waals surface area (Å²) in [4.78, 5) is 0.288. The molecule has 3 nitrogen and oxygen atoms in total. The van der Waals surface area contributed by atoms with Crippen LogP contribution in [0.2, 0.25) is 0 Å². The number of aliphatic hydroxyl groups is 1. The van der Waals surface area contributed by atoms with Crippen LogP contribution in [0, 0.1) is 5.92 Å². The highest BCUT2D eigenvalue weighted by atomic mass is 79.9. The third-order valence-electron chi connectivity index (χ3n) is 5.72. The SMILES string of the molecule is CC1(C)OC2(C)C3CC[C@@](C)(O[C@@H]2CC1Br)[C@@H](O)C3. The van der Waals surface area contributed by atoms with Crippen molar-refractivity contribution >= 4 is 15.9 Å². The van der Waals surface area contributed by atoms with Crippen molar-refractivity contribution in [2.75, 3.05) is 0 Å². The van der Waals surface area contributed by atoms with Gasteiger partial charge in [0.15, 0.2) is 0 Å². The maximum Gasteiger partial charge on any atom is 0.0952 e. The summed E-state index contributed by atoms with van der Waals surface area (Å²) in [6.07, 6.45) is 3.47. The van der Waals surface area contributed by atoms with Crippen LogP contribution in [0.5, 0.6) is 0 Å². The van der Waals surface area contributed by atoms with Crippen molar-refractivity contribution in [1.82, 2.24) is 0 Å². The molecule has 4 aliphatic rings. The van der Waals surface area contributed by atoms with Gasteiger partial charge >= 0.3 is 0 Å². The van der Waals surface area contributed by atoms with E-state index in [1.54, 1.807) is 0 Å². The Kier molecular flexibility index (Phi) is 3.15. The zero-order chi connectivity index (χ0) is 14.1. The maximum atomic E-state index is 10.4. The molecule has 0 aromatic heterocycles. The Morgan fingerprint density at radius 2 is 1.84 bits per heavy atom. The fraction of sp³-hybridized carbons (Fsp3) is 1.00. The second-order valence-electron chi connectivity index (χ2n) is 7.50. The molecule has 0 aromatic rings. The van der Waals surface area contributed by atoms with Gasteiger partial charge in [0.05, 0.1) is 29.0 Å². The number of fused-ring (bicyclic) bond motifs is 2. The first-order valence-electron chi connectivity index (χ1n) is 7.37. The van der Waals surface area contributed by atoms with Crippen LogP contribution in [0.15, 0.2) is 0 Å². The lowest BCUT2D eigenvalue weighted by Crippen LogP contribution is -2.60. The van der Waals surface area contributed by atoms with Gasteiger partial charge in [-0.3, -0.25) is 0 Å². The molecule has 4 rings (SSSR count). The number of hydrogen-bond acceptors (Lipinski definition) is 3. The van der Waals surface area contributed by atoms with Crippen LogP contribution in [-0.4, -0.2) is 38.9 Å². The highest BCUT2D eigenvalue weighted by molar-refractivity contribution is 9.09. The molecule has 1 N–H and O–H groups in total. The highest BCUT2D eigenvalue weighted by Crippen LogP contribution is 2.54. The van der Waals surface area contributed by atoms with Gasteiger partial charge < -0.3 is 14.6 Å². The van der Waals surface area contributed by atoms with E-state index in [0.29, 0.717) is 5.92 Å². The topological polar surface area (TPSA) is 38.7 Å². The van der Waals surface area contributed by atoms with Crippen molar-refractivity contribution in [1.29, 1.82) is 0 Å². The van der Waals surface area contributed by atoms with Crippen LogP contribution in [0.4, 0.5) is 0 Å². The van der Waals surface area contributed by atoms with Gasteiger partial charge in [-0.05, 0) is 59.3 Å². The summed E-state index contributed by atoms with van der Waals surface area (Å²) in [5.41, 5.74) is -0.859. The molecule has 3 aliphatic heterocycles. The predicted molar refractivity (Wildman–Crippen MR) is 77.5 cm³/mol. The molecule has 3 saturated heterocycles. The minimum atomic E-state index is -0.392. The molecule has 0 amide bonds. The van der Waals surface area contributed by atoms with Crippen molar-refractivity contribution in [2.45, 2.75) is 87.2 Å². The fourth-order valence-electron chi connectivity index (χ4n) is 4.16. The quantitative estimate of drug-likeness (QED) is 0.693. The molecule has 0 aromatic carbocycles. The van der Waals surface area contributed by atoms with Gasteiger partial charge in [-0.2, -0.15) is 0 Å². The molecule has 1 saturated carbocycles. The minimum absolute atomic E-state index is 0.0690. The van der Waals surface area contributed by atoms with Crippen LogP contribution in [0.3, 0.4) is 0 Å². The van der Waals surface area contributed by atoms with Gasteiger partial charge in [-0.25, -0.2) is 0 Å². The Hall–Kier alpha value is 0.360. The molecule has 4 fully saturated rings. The Bertz CT molecular complexity index is 386. The molecule has 2 bridgehead atoms. The Balaban J connectivity index is 1.99. The van der Waals surface area contributed by atoms with Crippen LogP contribution in [0.25, 0.3) is 0 Å². The Labute approximate surface area is 124 Å². The van der Waals surface area contributed by atoms with E-state index in [-0.39, 0.29) is 28.2 Å². The second-order valence-corrected chi connectivity index (χ2v) is 8.60. The van der Waals surface area contributed by atoms with E-state index in [1.807, 2.05) is 0 Å². The predicted octanol–water partition coefficient (Wildman–Crippen LogP) is 3.03. The van der Waals surface area contributed by atoms with Gasteiger partial charge in [-0.15, -0.1) is 0 Å². The number of ether oxygens (including phenoxy) is 2. The summed E-state index contributed by atoms with van der Waals surface area (Å²) in [6, 6.07) is 0. The van der Waals surface area contributed by atoms with Gasteiger partial charge in [-0.1, -0.05) is 15.9 Å². The first-order chi connectivity index (χ1) is 8.67. The summed E-state index contributed by atoms with van der Waals surface area (Å²) in [7, 11) is 0. The number of hydrogen-bond donors (Lipinski definition) is 1. The van der Waals surface area contributed by atoms with Crippen LogP contribution in [0.1, 0.15) is 53.4 Å².